The van der Waals surface area contributed by atoms with Gasteiger partial charge in [-0.2, -0.15) is 5.26 Å². The lowest BCUT2D eigenvalue weighted by atomic mass is 10.1. The molecule has 2 nitrogen and oxygen atoms in total. The zero-order valence-corrected chi connectivity index (χ0v) is 10.0. The van der Waals surface area contributed by atoms with Crippen molar-refractivity contribution in [2.45, 2.75) is 19.4 Å². The van der Waals surface area contributed by atoms with Crippen LogP contribution in [-0.4, -0.2) is 17.5 Å². The highest BCUT2D eigenvalue weighted by atomic mass is 15.1. The van der Waals surface area contributed by atoms with Gasteiger partial charge in [0.05, 0.1) is 11.6 Å². The first-order valence-corrected chi connectivity index (χ1v) is 5.89. The molecule has 0 bridgehead atoms. The van der Waals surface area contributed by atoms with Crippen LogP contribution in [0.3, 0.4) is 0 Å². The van der Waals surface area contributed by atoms with Crippen molar-refractivity contribution in [3.8, 4) is 6.07 Å². The van der Waals surface area contributed by atoms with Crippen LogP contribution in [0.25, 0.3) is 0 Å². The van der Waals surface area contributed by atoms with Crippen LogP contribution in [0.5, 0.6) is 0 Å². The lowest BCUT2D eigenvalue weighted by Gasteiger charge is -2.27. The Bertz CT molecular complexity index is 463. The van der Waals surface area contributed by atoms with E-state index in [4.69, 9.17) is 5.26 Å². The number of hydrogen-bond acceptors (Lipinski definition) is 2. The quantitative estimate of drug-likeness (QED) is 0.789. The molecule has 1 unspecified atom stereocenters. The number of allylic oxidation sites excluding steroid dienone is 2. The maximum atomic E-state index is 8.72. The molecule has 17 heavy (non-hydrogen) atoms. The molecule has 1 atom stereocenters. The van der Waals surface area contributed by atoms with Gasteiger partial charge in [0.15, 0.2) is 0 Å². The first-order chi connectivity index (χ1) is 8.29. The van der Waals surface area contributed by atoms with Crippen LogP contribution >= 0.6 is 0 Å². The summed E-state index contributed by atoms with van der Waals surface area (Å²) in [5, 5.41) is 8.72. The van der Waals surface area contributed by atoms with Crippen molar-refractivity contribution in [2.75, 3.05) is 6.54 Å². The van der Waals surface area contributed by atoms with E-state index < -0.39 is 0 Å². The molecule has 86 valence electrons. The summed E-state index contributed by atoms with van der Waals surface area (Å²) in [5.74, 6) is 0. The average molecular weight is 224 g/mol. The second-order valence-electron chi connectivity index (χ2n) is 4.26. The fraction of sp³-hybridized carbons (Fsp3) is 0.267. The average Bonchev–Trinajstić information content (AvgIpc) is 2.38. The monoisotopic (exact) mass is 224 g/mol. The molecule has 2 heteroatoms. The summed E-state index contributed by atoms with van der Waals surface area (Å²) >= 11 is 0. The molecule has 1 aromatic rings. The minimum absolute atomic E-state index is 0.471. The Morgan fingerprint density at radius 3 is 2.65 bits per heavy atom. The molecule has 1 aliphatic heterocycles. The van der Waals surface area contributed by atoms with Gasteiger partial charge in [-0.3, -0.25) is 0 Å². The standard InChI is InChI=1S/C15H16N2/c1-13-4-2-3-10-17(13)11-9-14-5-7-15(12-16)8-6-14/h2-8,10,13H,9,11H2,1H3. The third kappa shape index (κ3) is 2.98. The highest BCUT2D eigenvalue weighted by Crippen LogP contribution is 2.10. The lowest BCUT2D eigenvalue weighted by Crippen LogP contribution is -2.29. The normalized spacial score (nSPS) is 18.1. The summed E-state index contributed by atoms with van der Waals surface area (Å²) < 4.78 is 0. The first-order valence-electron chi connectivity index (χ1n) is 5.89. The van der Waals surface area contributed by atoms with Gasteiger partial charge in [-0.05, 0) is 43.3 Å². The van der Waals surface area contributed by atoms with Crippen LogP contribution in [0.1, 0.15) is 18.1 Å². The van der Waals surface area contributed by atoms with Gasteiger partial charge < -0.3 is 4.90 Å². The Balaban J connectivity index is 1.91. The van der Waals surface area contributed by atoms with Gasteiger partial charge in [-0.1, -0.05) is 24.3 Å². The molecule has 1 aliphatic rings. The molecule has 1 aromatic carbocycles. The van der Waals surface area contributed by atoms with Crippen molar-refractivity contribution in [2.24, 2.45) is 0 Å². The molecular weight excluding hydrogens is 208 g/mol. The van der Waals surface area contributed by atoms with Crippen LogP contribution in [0.4, 0.5) is 0 Å². The zero-order chi connectivity index (χ0) is 12.1. The molecule has 0 fully saturated rings. The fourth-order valence-electron chi connectivity index (χ4n) is 1.91. The summed E-state index contributed by atoms with van der Waals surface area (Å²) in [6.07, 6.45) is 9.49. The molecule has 0 saturated heterocycles. The van der Waals surface area contributed by atoms with Crippen molar-refractivity contribution in [3.63, 3.8) is 0 Å². The molecule has 0 N–H and O–H groups in total. The lowest BCUT2D eigenvalue weighted by molar-refractivity contribution is 0.336. The van der Waals surface area contributed by atoms with E-state index >= 15 is 0 Å². The van der Waals surface area contributed by atoms with Crippen molar-refractivity contribution >= 4 is 0 Å². The predicted octanol–water partition coefficient (Wildman–Crippen LogP) is 2.87. The van der Waals surface area contributed by atoms with Gasteiger partial charge in [0.2, 0.25) is 0 Å². The van der Waals surface area contributed by atoms with Crippen LogP contribution < -0.4 is 0 Å². The Morgan fingerprint density at radius 1 is 1.24 bits per heavy atom. The van der Waals surface area contributed by atoms with Crippen LogP contribution in [0.2, 0.25) is 0 Å². The van der Waals surface area contributed by atoms with E-state index in [1.807, 2.05) is 24.3 Å². The van der Waals surface area contributed by atoms with Crippen molar-refractivity contribution in [3.05, 3.63) is 59.8 Å². The van der Waals surface area contributed by atoms with E-state index in [1.54, 1.807) is 0 Å². The van der Waals surface area contributed by atoms with E-state index in [1.165, 1.54) is 5.56 Å². The molecule has 0 saturated carbocycles. The van der Waals surface area contributed by atoms with E-state index in [2.05, 4.69) is 42.3 Å². The predicted molar refractivity (Wildman–Crippen MR) is 69.3 cm³/mol. The number of nitriles is 1. The first kappa shape index (κ1) is 11.5. The van der Waals surface area contributed by atoms with Gasteiger partial charge in [-0.25, -0.2) is 0 Å². The Hall–Kier alpha value is -2.01. The van der Waals surface area contributed by atoms with Crippen molar-refractivity contribution in [1.82, 2.24) is 4.90 Å². The van der Waals surface area contributed by atoms with Crippen molar-refractivity contribution < 1.29 is 0 Å². The van der Waals surface area contributed by atoms with Crippen LogP contribution in [0.15, 0.2) is 48.7 Å². The molecule has 0 aromatic heterocycles. The minimum atomic E-state index is 0.471. The van der Waals surface area contributed by atoms with Crippen molar-refractivity contribution in [1.29, 1.82) is 5.26 Å². The van der Waals surface area contributed by atoms with Gasteiger partial charge in [0.25, 0.3) is 0 Å². The number of rotatable bonds is 3. The van der Waals surface area contributed by atoms with E-state index in [9.17, 15) is 0 Å². The fourth-order valence-corrected chi connectivity index (χ4v) is 1.91. The summed E-state index contributed by atoms with van der Waals surface area (Å²) in [4.78, 5) is 2.32. The third-order valence-electron chi connectivity index (χ3n) is 3.04. The summed E-state index contributed by atoms with van der Waals surface area (Å²) in [6.45, 7) is 3.20. The van der Waals surface area contributed by atoms with E-state index in [0.717, 1.165) is 18.5 Å². The summed E-state index contributed by atoms with van der Waals surface area (Å²) in [6, 6.07) is 10.4. The largest absolute Gasteiger partial charge is 0.371 e. The molecule has 0 amide bonds. The zero-order valence-electron chi connectivity index (χ0n) is 10.0. The minimum Gasteiger partial charge on any atom is -0.371 e. The smallest absolute Gasteiger partial charge is 0.0991 e. The molecule has 0 radical (unpaired) electrons. The molecular formula is C15H16N2. The maximum absolute atomic E-state index is 8.72. The maximum Gasteiger partial charge on any atom is 0.0991 e. The van der Waals surface area contributed by atoms with Crippen LogP contribution in [0, 0.1) is 11.3 Å². The molecule has 0 aliphatic carbocycles. The number of benzene rings is 1. The summed E-state index contributed by atoms with van der Waals surface area (Å²) in [7, 11) is 0. The number of hydrogen-bond donors (Lipinski definition) is 0. The molecule has 1 heterocycles. The number of nitrogens with zero attached hydrogens (tertiary/aromatic N) is 2. The topological polar surface area (TPSA) is 27.0 Å². The third-order valence-corrected chi connectivity index (χ3v) is 3.04. The summed E-state index contributed by atoms with van der Waals surface area (Å²) in [5.41, 5.74) is 2.00. The molecule has 2 rings (SSSR count). The second kappa shape index (κ2) is 5.36. The van der Waals surface area contributed by atoms with Gasteiger partial charge >= 0.3 is 0 Å². The highest BCUT2D eigenvalue weighted by molar-refractivity contribution is 5.31. The van der Waals surface area contributed by atoms with Gasteiger partial charge in [-0.15, -0.1) is 0 Å². The second-order valence-corrected chi connectivity index (χ2v) is 4.26. The molecule has 0 spiro atoms. The van der Waals surface area contributed by atoms with Crippen LogP contribution in [-0.2, 0) is 6.42 Å². The Labute approximate surface area is 102 Å². The van der Waals surface area contributed by atoms with E-state index in [-0.39, 0.29) is 0 Å². The Kier molecular flexibility index (Phi) is 3.62. The van der Waals surface area contributed by atoms with E-state index in [0.29, 0.717) is 6.04 Å². The Morgan fingerprint density at radius 2 is 2.00 bits per heavy atom. The van der Waals surface area contributed by atoms with Gasteiger partial charge in [0, 0.05) is 12.6 Å². The van der Waals surface area contributed by atoms with Gasteiger partial charge in [0.1, 0.15) is 0 Å². The highest BCUT2D eigenvalue weighted by Gasteiger charge is 2.08. The SMILES string of the molecule is CC1C=CC=CN1CCc1ccc(C#N)cc1.